The van der Waals surface area contributed by atoms with E-state index >= 15 is 0 Å². The Hall–Kier alpha value is -2.84. The van der Waals surface area contributed by atoms with Gasteiger partial charge in [-0.25, -0.2) is 0 Å². The molecule has 0 N–H and O–H groups in total. The first-order valence-corrected chi connectivity index (χ1v) is 13.3. The maximum absolute atomic E-state index is 3.72. The first-order valence-electron chi connectivity index (χ1n) is 12.5. The fraction of sp³-hybridized carbons (Fsp3) is 0.273. The standard InChI is InChI=1S/C33H32BrN/c1-31(2)24-18-16-22(20-28(24)32(3,4)23-17-15-21(34)19-27(23)31)35-29-13-9-7-11-25(29)33(5,6)26-12-8-10-14-30(26)35/h7-20H,1-6H3. The largest absolute Gasteiger partial charge is 0.310 e. The first-order chi connectivity index (χ1) is 16.5. The smallest absolute Gasteiger partial charge is 0.0502 e. The number of halogens is 1. The molecular formula is C33H32BrN. The number of fused-ring (bicyclic) bond motifs is 4. The fourth-order valence-electron chi connectivity index (χ4n) is 6.55. The highest BCUT2D eigenvalue weighted by molar-refractivity contribution is 9.10. The summed E-state index contributed by atoms with van der Waals surface area (Å²) in [5.41, 5.74) is 11.9. The van der Waals surface area contributed by atoms with Gasteiger partial charge in [0.1, 0.15) is 0 Å². The molecule has 0 saturated carbocycles. The van der Waals surface area contributed by atoms with Crippen LogP contribution in [0.15, 0.2) is 89.4 Å². The van der Waals surface area contributed by atoms with Gasteiger partial charge in [-0.15, -0.1) is 0 Å². The number of para-hydroxylation sites is 2. The third-order valence-corrected chi connectivity index (χ3v) is 9.07. The lowest BCUT2D eigenvalue weighted by molar-refractivity contribution is 0.520. The van der Waals surface area contributed by atoms with E-state index in [9.17, 15) is 0 Å². The summed E-state index contributed by atoms with van der Waals surface area (Å²) >= 11 is 3.72. The van der Waals surface area contributed by atoms with Gasteiger partial charge in [0.2, 0.25) is 0 Å². The van der Waals surface area contributed by atoms with Crippen molar-refractivity contribution in [3.8, 4) is 0 Å². The maximum atomic E-state index is 3.72. The lowest BCUT2D eigenvalue weighted by Gasteiger charge is -2.45. The van der Waals surface area contributed by atoms with E-state index in [0.717, 1.165) is 4.47 Å². The molecule has 0 radical (unpaired) electrons. The maximum Gasteiger partial charge on any atom is 0.0502 e. The van der Waals surface area contributed by atoms with E-state index in [4.69, 9.17) is 0 Å². The van der Waals surface area contributed by atoms with Crippen LogP contribution in [0.2, 0.25) is 0 Å². The highest BCUT2D eigenvalue weighted by Crippen LogP contribution is 2.54. The van der Waals surface area contributed by atoms with E-state index in [1.165, 1.54) is 50.4 Å². The first kappa shape index (κ1) is 22.6. The normalized spacial score (nSPS) is 18.2. The lowest BCUT2D eigenvalue weighted by Crippen LogP contribution is -2.37. The average molecular weight is 523 g/mol. The van der Waals surface area contributed by atoms with Crippen molar-refractivity contribution >= 4 is 33.0 Å². The van der Waals surface area contributed by atoms with Crippen molar-refractivity contribution in [2.45, 2.75) is 57.8 Å². The van der Waals surface area contributed by atoms with Gasteiger partial charge in [0.15, 0.2) is 0 Å². The molecule has 176 valence electrons. The molecule has 0 unspecified atom stereocenters. The van der Waals surface area contributed by atoms with E-state index in [2.05, 4.69) is 147 Å². The number of hydrogen-bond acceptors (Lipinski definition) is 1. The minimum absolute atomic E-state index is 0.0501. The van der Waals surface area contributed by atoms with Crippen LogP contribution in [0.1, 0.15) is 74.9 Å². The Morgan fingerprint density at radius 3 is 1.51 bits per heavy atom. The Kier molecular flexibility index (Phi) is 4.74. The van der Waals surface area contributed by atoms with Crippen LogP contribution in [-0.2, 0) is 16.2 Å². The summed E-state index contributed by atoms with van der Waals surface area (Å²) in [6.45, 7) is 14.2. The minimum Gasteiger partial charge on any atom is -0.310 e. The van der Waals surface area contributed by atoms with Gasteiger partial charge < -0.3 is 4.90 Å². The Balaban J connectivity index is 1.61. The van der Waals surface area contributed by atoms with Crippen LogP contribution >= 0.6 is 15.9 Å². The van der Waals surface area contributed by atoms with Crippen molar-refractivity contribution in [2.75, 3.05) is 4.90 Å². The summed E-state index contributed by atoms with van der Waals surface area (Å²) in [5.74, 6) is 0. The van der Waals surface area contributed by atoms with Crippen LogP contribution in [0.4, 0.5) is 17.1 Å². The van der Waals surface area contributed by atoms with Crippen LogP contribution in [0, 0.1) is 0 Å². The number of benzene rings is 4. The van der Waals surface area contributed by atoms with Crippen LogP contribution in [0.5, 0.6) is 0 Å². The van der Waals surface area contributed by atoms with E-state index < -0.39 is 0 Å². The molecule has 1 nitrogen and oxygen atoms in total. The van der Waals surface area contributed by atoms with Gasteiger partial charge in [-0.1, -0.05) is 106 Å². The number of rotatable bonds is 1. The molecule has 6 rings (SSSR count). The van der Waals surface area contributed by atoms with Gasteiger partial charge in [-0.05, 0) is 69.8 Å². The van der Waals surface area contributed by atoms with Crippen LogP contribution in [-0.4, -0.2) is 0 Å². The van der Waals surface area contributed by atoms with Crippen molar-refractivity contribution in [1.29, 1.82) is 0 Å². The Morgan fingerprint density at radius 1 is 0.486 bits per heavy atom. The highest BCUT2D eigenvalue weighted by atomic mass is 79.9. The third-order valence-electron chi connectivity index (χ3n) is 8.57. The summed E-state index contributed by atoms with van der Waals surface area (Å²) in [7, 11) is 0. The molecule has 4 aromatic rings. The molecule has 0 spiro atoms. The van der Waals surface area contributed by atoms with E-state index in [-0.39, 0.29) is 16.2 Å². The summed E-state index contributed by atoms with van der Waals surface area (Å²) in [6.07, 6.45) is 0. The van der Waals surface area contributed by atoms with Gasteiger partial charge in [0.25, 0.3) is 0 Å². The van der Waals surface area contributed by atoms with Gasteiger partial charge >= 0.3 is 0 Å². The van der Waals surface area contributed by atoms with Crippen LogP contribution in [0.3, 0.4) is 0 Å². The third kappa shape index (κ3) is 3.05. The summed E-state index contributed by atoms with van der Waals surface area (Å²) in [6, 6.07) is 31.7. The minimum atomic E-state index is -0.0923. The van der Waals surface area contributed by atoms with E-state index in [0.29, 0.717) is 0 Å². The molecular weight excluding hydrogens is 490 g/mol. The average Bonchev–Trinajstić information content (AvgIpc) is 2.83. The number of nitrogens with zero attached hydrogens (tertiary/aromatic N) is 1. The van der Waals surface area contributed by atoms with Crippen molar-refractivity contribution in [1.82, 2.24) is 0 Å². The SMILES string of the molecule is CC1(C)c2ccccc2N(c2ccc3c(c2)C(C)(C)c2ccc(Br)cc2C3(C)C)c2ccccc21. The van der Waals surface area contributed by atoms with Gasteiger partial charge in [-0.2, -0.15) is 0 Å². The van der Waals surface area contributed by atoms with Crippen molar-refractivity contribution in [3.63, 3.8) is 0 Å². The molecule has 35 heavy (non-hydrogen) atoms. The number of anilines is 3. The van der Waals surface area contributed by atoms with Gasteiger partial charge in [0.05, 0.1) is 11.4 Å². The van der Waals surface area contributed by atoms with E-state index in [1.54, 1.807) is 0 Å². The van der Waals surface area contributed by atoms with Crippen molar-refractivity contribution < 1.29 is 0 Å². The molecule has 0 fully saturated rings. The van der Waals surface area contributed by atoms with Crippen LogP contribution in [0.25, 0.3) is 0 Å². The fourth-order valence-corrected chi connectivity index (χ4v) is 6.91. The quantitative estimate of drug-likeness (QED) is 0.241. The monoisotopic (exact) mass is 521 g/mol. The molecule has 0 saturated heterocycles. The Bertz CT molecular complexity index is 1440. The Morgan fingerprint density at radius 2 is 0.943 bits per heavy atom. The molecule has 1 aliphatic heterocycles. The zero-order chi connectivity index (χ0) is 24.8. The van der Waals surface area contributed by atoms with E-state index in [1.807, 2.05) is 0 Å². The highest BCUT2D eigenvalue weighted by Gasteiger charge is 2.43. The van der Waals surface area contributed by atoms with Crippen molar-refractivity contribution in [2.24, 2.45) is 0 Å². The summed E-state index contributed by atoms with van der Waals surface area (Å²) in [5, 5.41) is 0. The summed E-state index contributed by atoms with van der Waals surface area (Å²) in [4.78, 5) is 2.47. The molecule has 4 aromatic carbocycles. The predicted molar refractivity (Wildman–Crippen MR) is 152 cm³/mol. The zero-order valence-electron chi connectivity index (χ0n) is 21.4. The Labute approximate surface area is 218 Å². The predicted octanol–water partition coefficient (Wildman–Crippen LogP) is 9.52. The molecule has 0 bridgehead atoms. The second kappa shape index (κ2) is 7.34. The molecule has 2 aliphatic rings. The second-order valence-electron chi connectivity index (χ2n) is 11.7. The molecule has 0 aromatic heterocycles. The van der Waals surface area contributed by atoms with Crippen LogP contribution < -0.4 is 4.90 Å². The molecule has 1 heterocycles. The second-order valence-corrected chi connectivity index (χ2v) is 12.6. The molecule has 2 heteroatoms. The molecule has 0 amide bonds. The number of hydrogen-bond donors (Lipinski definition) is 0. The lowest BCUT2D eigenvalue weighted by atomic mass is 9.60. The zero-order valence-corrected chi connectivity index (χ0v) is 23.0. The summed E-state index contributed by atoms with van der Waals surface area (Å²) < 4.78 is 1.14. The van der Waals surface area contributed by atoms with Crippen molar-refractivity contribution in [3.05, 3.63) is 123 Å². The van der Waals surface area contributed by atoms with Gasteiger partial charge in [0, 0.05) is 26.4 Å². The topological polar surface area (TPSA) is 3.24 Å². The van der Waals surface area contributed by atoms with Gasteiger partial charge in [-0.3, -0.25) is 0 Å². The molecule has 1 aliphatic carbocycles. The molecule has 0 atom stereocenters.